The molecule has 0 saturated carbocycles. The van der Waals surface area contributed by atoms with Crippen LogP contribution in [0.4, 0.5) is 5.69 Å². The van der Waals surface area contributed by atoms with Gasteiger partial charge in [-0.05, 0) is 48.7 Å². The maximum atomic E-state index is 12.5. The molecule has 0 atom stereocenters. The van der Waals surface area contributed by atoms with E-state index in [1.807, 2.05) is 62.4 Å². The minimum atomic E-state index is -0.231. The van der Waals surface area contributed by atoms with E-state index in [0.29, 0.717) is 12.1 Å². The lowest BCUT2D eigenvalue weighted by Crippen LogP contribution is -2.22. The van der Waals surface area contributed by atoms with E-state index in [4.69, 9.17) is 0 Å². The maximum absolute atomic E-state index is 12.5. The number of hydrogen-bond donors (Lipinski definition) is 1. The van der Waals surface area contributed by atoms with Gasteiger partial charge >= 0.3 is 0 Å². The van der Waals surface area contributed by atoms with Crippen molar-refractivity contribution in [3.63, 3.8) is 0 Å². The molecule has 0 fully saturated rings. The Morgan fingerprint density at radius 3 is 2.44 bits per heavy atom. The standard InChI is InChI=1S/C21H20N2O2/c1-15-8-10-19(12-16(15)2)22-21(25)18-9-11-20(24)23(14-18)13-17-6-4-3-5-7-17/h3-12,14H,13H2,1-2H3,(H,22,25). The molecule has 4 heteroatoms. The summed E-state index contributed by atoms with van der Waals surface area (Å²) in [6.07, 6.45) is 1.60. The average molecular weight is 332 g/mol. The van der Waals surface area contributed by atoms with Crippen LogP contribution in [-0.4, -0.2) is 10.5 Å². The Hall–Kier alpha value is -3.14. The Bertz CT molecular complexity index is 959. The number of carbonyl (C=O) groups excluding carboxylic acids is 1. The summed E-state index contributed by atoms with van der Waals surface area (Å²) in [5.74, 6) is -0.231. The fourth-order valence-corrected chi connectivity index (χ4v) is 2.59. The minimum absolute atomic E-state index is 0.133. The molecule has 0 unspecified atom stereocenters. The summed E-state index contributed by atoms with van der Waals surface area (Å²) in [6, 6.07) is 18.5. The highest BCUT2D eigenvalue weighted by Crippen LogP contribution is 2.15. The Kier molecular flexibility index (Phi) is 4.80. The average Bonchev–Trinajstić information content (AvgIpc) is 2.61. The van der Waals surface area contributed by atoms with Crippen LogP contribution in [0.5, 0.6) is 0 Å². The molecule has 126 valence electrons. The SMILES string of the molecule is Cc1ccc(NC(=O)c2ccc(=O)n(Cc3ccccc3)c2)cc1C. The van der Waals surface area contributed by atoms with Crippen LogP contribution >= 0.6 is 0 Å². The minimum Gasteiger partial charge on any atom is -0.322 e. The summed E-state index contributed by atoms with van der Waals surface area (Å²) < 4.78 is 1.55. The number of hydrogen-bond acceptors (Lipinski definition) is 2. The number of nitrogens with one attached hydrogen (secondary N) is 1. The van der Waals surface area contributed by atoms with Gasteiger partial charge in [-0.3, -0.25) is 9.59 Å². The van der Waals surface area contributed by atoms with E-state index in [9.17, 15) is 9.59 Å². The van der Waals surface area contributed by atoms with E-state index in [0.717, 1.165) is 16.8 Å². The van der Waals surface area contributed by atoms with Crippen molar-refractivity contribution in [2.75, 3.05) is 5.32 Å². The van der Waals surface area contributed by atoms with Gasteiger partial charge in [0.05, 0.1) is 12.1 Å². The highest BCUT2D eigenvalue weighted by atomic mass is 16.2. The van der Waals surface area contributed by atoms with E-state index in [-0.39, 0.29) is 11.5 Å². The van der Waals surface area contributed by atoms with Crippen molar-refractivity contribution in [3.8, 4) is 0 Å². The van der Waals surface area contributed by atoms with Crippen LogP contribution in [-0.2, 0) is 6.54 Å². The van der Waals surface area contributed by atoms with E-state index < -0.39 is 0 Å². The zero-order chi connectivity index (χ0) is 17.8. The van der Waals surface area contributed by atoms with Gasteiger partial charge in [-0.15, -0.1) is 0 Å². The van der Waals surface area contributed by atoms with Crippen LogP contribution in [0.2, 0.25) is 0 Å². The Morgan fingerprint density at radius 2 is 1.72 bits per heavy atom. The van der Waals surface area contributed by atoms with Gasteiger partial charge in [0, 0.05) is 18.0 Å². The number of carbonyl (C=O) groups is 1. The summed E-state index contributed by atoms with van der Waals surface area (Å²) in [5.41, 5.74) is 4.37. The molecule has 0 aliphatic heterocycles. The van der Waals surface area contributed by atoms with Crippen LogP contribution in [0.1, 0.15) is 27.0 Å². The topological polar surface area (TPSA) is 51.1 Å². The predicted octanol–water partition coefficient (Wildman–Crippen LogP) is 3.77. The fourth-order valence-electron chi connectivity index (χ4n) is 2.59. The lowest BCUT2D eigenvalue weighted by molar-refractivity contribution is 0.102. The first kappa shape index (κ1) is 16.7. The van der Waals surface area contributed by atoms with Crippen LogP contribution in [0, 0.1) is 13.8 Å². The Morgan fingerprint density at radius 1 is 0.960 bits per heavy atom. The largest absolute Gasteiger partial charge is 0.322 e. The van der Waals surface area contributed by atoms with Gasteiger partial charge in [0.15, 0.2) is 0 Å². The molecular weight excluding hydrogens is 312 g/mol. The number of anilines is 1. The third kappa shape index (κ3) is 4.04. The highest BCUT2D eigenvalue weighted by Gasteiger charge is 2.09. The number of pyridine rings is 1. The van der Waals surface area contributed by atoms with Crippen LogP contribution in [0.3, 0.4) is 0 Å². The molecule has 4 nitrogen and oxygen atoms in total. The van der Waals surface area contributed by atoms with Crippen molar-refractivity contribution < 1.29 is 4.79 Å². The first-order valence-corrected chi connectivity index (χ1v) is 8.16. The fraction of sp³-hybridized carbons (Fsp3) is 0.143. The number of benzene rings is 2. The van der Waals surface area contributed by atoms with E-state index in [1.54, 1.807) is 16.8 Å². The summed E-state index contributed by atoms with van der Waals surface area (Å²) in [7, 11) is 0. The van der Waals surface area contributed by atoms with Crippen LogP contribution in [0.15, 0.2) is 71.7 Å². The molecule has 0 radical (unpaired) electrons. The van der Waals surface area contributed by atoms with Gasteiger partial charge in [0.2, 0.25) is 0 Å². The second-order valence-corrected chi connectivity index (χ2v) is 6.12. The van der Waals surface area contributed by atoms with Gasteiger partial charge < -0.3 is 9.88 Å². The third-order valence-corrected chi connectivity index (χ3v) is 4.21. The van der Waals surface area contributed by atoms with Crippen LogP contribution < -0.4 is 10.9 Å². The van der Waals surface area contributed by atoms with Crippen molar-refractivity contribution in [1.29, 1.82) is 0 Å². The lowest BCUT2D eigenvalue weighted by atomic mass is 10.1. The van der Waals surface area contributed by atoms with Crippen molar-refractivity contribution >= 4 is 11.6 Å². The quantitative estimate of drug-likeness (QED) is 0.791. The van der Waals surface area contributed by atoms with E-state index in [2.05, 4.69) is 5.32 Å². The molecule has 1 amide bonds. The van der Waals surface area contributed by atoms with Gasteiger partial charge in [0.1, 0.15) is 0 Å². The van der Waals surface area contributed by atoms with Crippen LogP contribution in [0.25, 0.3) is 0 Å². The monoisotopic (exact) mass is 332 g/mol. The van der Waals surface area contributed by atoms with Crippen molar-refractivity contribution in [1.82, 2.24) is 4.57 Å². The molecule has 1 aromatic heterocycles. The highest BCUT2D eigenvalue weighted by molar-refractivity contribution is 6.04. The number of amides is 1. The van der Waals surface area contributed by atoms with Crippen molar-refractivity contribution in [3.05, 3.63) is 99.5 Å². The smallest absolute Gasteiger partial charge is 0.257 e. The molecule has 25 heavy (non-hydrogen) atoms. The predicted molar refractivity (Wildman–Crippen MR) is 100 cm³/mol. The number of nitrogens with zero attached hydrogens (tertiary/aromatic N) is 1. The first-order chi connectivity index (χ1) is 12.0. The van der Waals surface area contributed by atoms with E-state index in [1.165, 1.54) is 11.6 Å². The molecule has 3 aromatic rings. The van der Waals surface area contributed by atoms with Gasteiger partial charge in [0.25, 0.3) is 11.5 Å². The summed E-state index contributed by atoms with van der Waals surface area (Å²) in [5, 5.41) is 2.88. The first-order valence-electron chi connectivity index (χ1n) is 8.16. The zero-order valence-electron chi connectivity index (χ0n) is 14.3. The number of aryl methyl sites for hydroxylation is 2. The Labute approximate surface area is 146 Å². The lowest BCUT2D eigenvalue weighted by Gasteiger charge is -2.10. The second kappa shape index (κ2) is 7.18. The molecule has 0 bridgehead atoms. The zero-order valence-corrected chi connectivity index (χ0v) is 14.3. The molecule has 2 aromatic carbocycles. The van der Waals surface area contributed by atoms with E-state index >= 15 is 0 Å². The van der Waals surface area contributed by atoms with Gasteiger partial charge in [-0.1, -0.05) is 36.4 Å². The molecule has 0 spiro atoms. The molecular formula is C21H20N2O2. The third-order valence-electron chi connectivity index (χ3n) is 4.21. The summed E-state index contributed by atoms with van der Waals surface area (Å²) >= 11 is 0. The maximum Gasteiger partial charge on any atom is 0.257 e. The number of aromatic nitrogens is 1. The normalized spacial score (nSPS) is 10.5. The Balaban J connectivity index is 1.82. The second-order valence-electron chi connectivity index (χ2n) is 6.12. The summed E-state index contributed by atoms with van der Waals surface area (Å²) in [6.45, 7) is 4.47. The van der Waals surface area contributed by atoms with Crippen molar-refractivity contribution in [2.45, 2.75) is 20.4 Å². The van der Waals surface area contributed by atoms with Gasteiger partial charge in [-0.2, -0.15) is 0 Å². The number of rotatable bonds is 4. The molecule has 0 aliphatic rings. The molecule has 1 N–H and O–H groups in total. The van der Waals surface area contributed by atoms with Gasteiger partial charge in [-0.25, -0.2) is 0 Å². The van der Waals surface area contributed by atoms with Crippen molar-refractivity contribution in [2.24, 2.45) is 0 Å². The molecule has 0 aliphatic carbocycles. The molecule has 0 saturated heterocycles. The summed E-state index contributed by atoms with van der Waals surface area (Å²) in [4.78, 5) is 24.6. The molecule has 1 heterocycles. The molecule has 3 rings (SSSR count).